The van der Waals surface area contributed by atoms with Crippen LogP contribution < -0.4 is 5.32 Å². The molecule has 1 heterocycles. The van der Waals surface area contributed by atoms with Gasteiger partial charge in [0, 0.05) is 19.8 Å². The number of carbonyl (C=O) groups excluding carboxylic acids is 2. The molecule has 1 aromatic carbocycles. The van der Waals surface area contributed by atoms with E-state index in [9.17, 15) is 18.8 Å². The van der Waals surface area contributed by atoms with E-state index >= 15 is 0 Å². The second-order valence-electron chi connectivity index (χ2n) is 4.95. The van der Waals surface area contributed by atoms with Crippen LogP contribution in [0.3, 0.4) is 0 Å². The third kappa shape index (κ3) is 4.03. The summed E-state index contributed by atoms with van der Waals surface area (Å²) in [7, 11) is 1.67. The normalized spacial score (nSPS) is 10.3. The van der Waals surface area contributed by atoms with Crippen LogP contribution in [0.5, 0.6) is 0 Å². The van der Waals surface area contributed by atoms with E-state index in [2.05, 4.69) is 5.32 Å². The van der Waals surface area contributed by atoms with Crippen LogP contribution in [-0.4, -0.2) is 34.3 Å². The maximum Gasteiger partial charge on any atom is 0.372 e. The molecule has 2 rings (SSSR count). The summed E-state index contributed by atoms with van der Waals surface area (Å²) >= 11 is 0. The van der Waals surface area contributed by atoms with Crippen molar-refractivity contribution in [1.82, 2.24) is 4.57 Å². The number of aliphatic carboxylic acids is 1. The van der Waals surface area contributed by atoms with Gasteiger partial charge in [-0.2, -0.15) is 0 Å². The Morgan fingerprint density at radius 3 is 2.43 bits per heavy atom. The van der Waals surface area contributed by atoms with Crippen LogP contribution >= 0.6 is 0 Å². The third-order valence-electron chi connectivity index (χ3n) is 3.30. The summed E-state index contributed by atoms with van der Waals surface area (Å²) in [4.78, 5) is 34.0. The first-order valence-electron chi connectivity index (χ1n) is 6.82. The fourth-order valence-corrected chi connectivity index (χ4v) is 2.11. The Morgan fingerprint density at radius 2 is 1.87 bits per heavy atom. The molecule has 0 aliphatic carbocycles. The van der Waals surface area contributed by atoms with E-state index < -0.39 is 24.0 Å². The maximum atomic E-state index is 12.9. The van der Waals surface area contributed by atoms with Gasteiger partial charge in [-0.3, -0.25) is 9.59 Å². The molecule has 120 valence electrons. The number of hydrogen-bond acceptors (Lipinski definition) is 4. The van der Waals surface area contributed by atoms with Crippen molar-refractivity contribution in [2.24, 2.45) is 0 Å². The zero-order valence-electron chi connectivity index (χ0n) is 12.4. The quantitative estimate of drug-likeness (QED) is 0.463. The number of Topliss-reactive ketones (excluding diaryl/α,β-unsaturated/α-hetero) is 2. The molecule has 0 unspecified atom stereocenters. The monoisotopic (exact) mass is 318 g/mol. The van der Waals surface area contributed by atoms with E-state index in [1.807, 2.05) is 0 Å². The van der Waals surface area contributed by atoms with Crippen LogP contribution in [-0.2, 0) is 16.1 Å². The smallest absolute Gasteiger partial charge is 0.372 e. The first kappa shape index (κ1) is 16.4. The summed E-state index contributed by atoms with van der Waals surface area (Å²) in [5.74, 6) is -3.74. The number of hydrogen-bond donors (Lipinski definition) is 2. The molecule has 7 heteroatoms. The Kier molecular flexibility index (Phi) is 4.90. The number of carboxylic acid groups (broad SMARTS) is 1. The van der Waals surface area contributed by atoms with Crippen molar-refractivity contribution < 1.29 is 23.9 Å². The zero-order chi connectivity index (χ0) is 17.0. The first-order chi connectivity index (χ1) is 10.9. The third-order valence-corrected chi connectivity index (χ3v) is 3.30. The van der Waals surface area contributed by atoms with E-state index in [-0.39, 0.29) is 11.5 Å². The summed E-state index contributed by atoms with van der Waals surface area (Å²) < 4.78 is 14.5. The van der Waals surface area contributed by atoms with Crippen molar-refractivity contribution in [2.45, 2.75) is 13.0 Å². The molecule has 0 radical (unpaired) electrons. The number of rotatable bonds is 7. The molecule has 2 aromatic rings. The minimum absolute atomic E-state index is 0.216. The Labute approximate surface area is 131 Å². The lowest BCUT2D eigenvalue weighted by Gasteiger charge is -2.08. The Hall–Kier alpha value is -2.96. The molecule has 0 spiro atoms. The molecule has 0 amide bonds. The van der Waals surface area contributed by atoms with Gasteiger partial charge in [0.25, 0.3) is 0 Å². The molecule has 23 heavy (non-hydrogen) atoms. The van der Waals surface area contributed by atoms with Gasteiger partial charge < -0.3 is 15.0 Å². The van der Waals surface area contributed by atoms with Gasteiger partial charge in [-0.05, 0) is 23.8 Å². The summed E-state index contributed by atoms with van der Waals surface area (Å²) in [6.07, 6.45) is 0.966. The number of ketones is 2. The lowest BCUT2D eigenvalue weighted by Crippen LogP contribution is -2.19. The second kappa shape index (κ2) is 6.87. The molecule has 0 atom stereocenters. The van der Waals surface area contributed by atoms with Crippen LogP contribution in [0.15, 0.2) is 36.5 Å². The number of carbonyl (C=O) groups is 3. The van der Waals surface area contributed by atoms with Gasteiger partial charge in [-0.25, -0.2) is 9.18 Å². The van der Waals surface area contributed by atoms with Gasteiger partial charge in [0.05, 0.1) is 17.8 Å². The molecule has 0 bridgehead atoms. The lowest BCUT2D eigenvalue weighted by atomic mass is 10.1. The number of aromatic nitrogens is 1. The van der Waals surface area contributed by atoms with E-state index in [4.69, 9.17) is 5.11 Å². The van der Waals surface area contributed by atoms with Crippen molar-refractivity contribution >= 4 is 23.2 Å². The highest BCUT2D eigenvalue weighted by atomic mass is 19.1. The van der Waals surface area contributed by atoms with Crippen molar-refractivity contribution in [3.05, 3.63) is 53.6 Å². The van der Waals surface area contributed by atoms with E-state index in [0.29, 0.717) is 12.2 Å². The Balaban J connectivity index is 2.26. The van der Waals surface area contributed by atoms with Crippen molar-refractivity contribution in [3.63, 3.8) is 0 Å². The van der Waals surface area contributed by atoms with Crippen molar-refractivity contribution in [3.8, 4) is 0 Å². The van der Waals surface area contributed by atoms with Gasteiger partial charge in [-0.1, -0.05) is 12.1 Å². The molecular formula is C16H15FN2O4. The topological polar surface area (TPSA) is 88.4 Å². The molecule has 0 aliphatic heterocycles. The van der Waals surface area contributed by atoms with Crippen LogP contribution in [0.4, 0.5) is 10.1 Å². The van der Waals surface area contributed by atoms with Crippen LogP contribution in [0.2, 0.25) is 0 Å². The van der Waals surface area contributed by atoms with E-state index in [0.717, 1.165) is 5.56 Å². The zero-order valence-corrected chi connectivity index (χ0v) is 12.4. The average Bonchev–Trinajstić information content (AvgIpc) is 2.92. The minimum atomic E-state index is -1.64. The van der Waals surface area contributed by atoms with Crippen molar-refractivity contribution in [1.29, 1.82) is 0 Å². The highest BCUT2D eigenvalue weighted by molar-refractivity contribution is 6.37. The highest BCUT2D eigenvalue weighted by Crippen LogP contribution is 2.18. The molecular weight excluding hydrogens is 303 g/mol. The fourth-order valence-electron chi connectivity index (χ4n) is 2.11. The molecule has 0 saturated heterocycles. The first-order valence-corrected chi connectivity index (χ1v) is 6.82. The second-order valence-corrected chi connectivity index (χ2v) is 4.95. The summed E-state index contributed by atoms with van der Waals surface area (Å²) in [5.41, 5.74) is 1.63. The number of carboxylic acids is 1. The minimum Gasteiger partial charge on any atom is -0.475 e. The standard InChI is InChI=1S/C16H15FN2O4/c1-18-12-6-13(14(20)7-15(21)16(22)23)19(9-12)8-10-2-4-11(17)5-3-10/h2-6,9,18H,7-8H2,1H3,(H,22,23). The van der Waals surface area contributed by atoms with Crippen molar-refractivity contribution in [2.75, 3.05) is 12.4 Å². The van der Waals surface area contributed by atoms with Gasteiger partial charge in [0.2, 0.25) is 5.78 Å². The molecule has 1 aromatic heterocycles. The van der Waals surface area contributed by atoms with Gasteiger partial charge in [-0.15, -0.1) is 0 Å². The van der Waals surface area contributed by atoms with E-state index in [1.165, 1.54) is 12.1 Å². The number of nitrogens with zero attached hydrogens (tertiary/aromatic N) is 1. The molecule has 6 nitrogen and oxygen atoms in total. The number of nitrogens with one attached hydrogen (secondary N) is 1. The number of benzene rings is 1. The predicted octanol–water partition coefficient (Wildman–Crippen LogP) is 1.94. The van der Waals surface area contributed by atoms with Crippen LogP contribution in [0, 0.1) is 5.82 Å². The summed E-state index contributed by atoms with van der Waals surface area (Å²) in [6.45, 7) is 0.296. The van der Waals surface area contributed by atoms with Crippen LogP contribution in [0.1, 0.15) is 22.5 Å². The fraction of sp³-hybridized carbons (Fsp3) is 0.188. The summed E-state index contributed by atoms with van der Waals surface area (Å²) in [5, 5.41) is 11.5. The van der Waals surface area contributed by atoms with Gasteiger partial charge in [0.15, 0.2) is 5.78 Å². The van der Waals surface area contributed by atoms with Gasteiger partial charge >= 0.3 is 5.97 Å². The number of anilines is 1. The largest absolute Gasteiger partial charge is 0.475 e. The number of halogens is 1. The Bertz CT molecular complexity index is 750. The molecule has 0 fully saturated rings. The summed E-state index contributed by atoms with van der Waals surface area (Å²) in [6, 6.07) is 7.34. The van der Waals surface area contributed by atoms with Gasteiger partial charge in [0.1, 0.15) is 5.82 Å². The Morgan fingerprint density at radius 1 is 1.22 bits per heavy atom. The van der Waals surface area contributed by atoms with Crippen LogP contribution in [0.25, 0.3) is 0 Å². The maximum absolute atomic E-state index is 12.9. The lowest BCUT2D eigenvalue weighted by molar-refractivity contribution is -0.148. The molecule has 2 N–H and O–H groups in total. The average molecular weight is 318 g/mol. The highest BCUT2D eigenvalue weighted by Gasteiger charge is 2.21. The molecule has 0 aliphatic rings. The van der Waals surface area contributed by atoms with E-state index in [1.54, 1.807) is 36.0 Å². The predicted molar refractivity (Wildman–Crippen MR) is 81.1 cm³/mol. The SMILES string of the molecule is CNc1cc(C(=O)CC(=O)C(=O)O)n(Cc2ccc(F)cc2)c1. The molecule has 0 saturated carbocycles.